The number of nitrogens with zero attached hydrogens (tertiary/aromatic N) is 7. The molecule has 3 heterocycles. The first-order valence-electron chi connectivity index (χ1n) is 9.78. The highest BCUT2D eigenvalue weighted by molar-refractivity contribution is 5.81. The lowest BCUT2D eigenvalue weighted by Gasteiger charge is -2.30. The SMILES string of the molecule is O=[N+]([O-])c1cc(/C=N\Nc2nc(N3CCOCC3)nc(N3CCOCC3)n2)ccc1O. The maximum Gasteiger partial charge on any atom is 0.311 e. The summed E-state index contributed by atoms with van der Waals surface area (Å²) in [6.07, 6.45) is 1.39. The lowest BCUT2D eigenvalue weighted by atomic mass is 10.2. The Morgan fingerprint density at radius 3 is 2.16 bits per heavy atom. The average Bonchev–Trinajstić information content (AvgIpc) is 2.81. The number of ether oxygens (including phenoxy) is 2. The van der Waals surface area contributed by atoms with Gasteiger partial charge in [-0.3, -0.25) is 10.1 Å². The van der Waals surface area contributed by atoms with Gasteiger partial charge in [0, 0.05) is 37.8 Å². The van der Waals surface area contributed by atoms with Gasteiger partial charge >= 0.3 is 5.69 Å². The summed E-state index contributed by atoms with van der Waals surface area (Å²) in [4.78, 5) is 27.9. The van der Waals surface area contributed by atoms with Crippen LogP contribution >= 0.6 is 0 Å². The van der Waals surface area contributed by atoms with E-state index in [1.807, 2.05) is 9.80 Å². The summed E-state index contributed by atoms with van der Waals surface area (Å²) < 4.78 is 10.8. The molecular formula is C18H22N8O5. The molecule has 1 aromatic carbocycles. The van der Waals surface area contributed by atoms with E-state index < -0.39 is 16.4 Å². The predicted octanol–water partition coefficient (Wildman–Crippen LogP) is 0.605. The molecular weight excluding hydrogens is 408 g/mol. The first-order chi connectivity index (χ1) is 15.1. The number of nitrogens with one attached hydrogen (secondary N) is 1. The van der Waals surface area contributed by atoms with Crippen LogP contribution in [0, 0.1) is 10.1 Å². The molecule has 13 heteroatoms. The third kappa shape index (κ3) is 5.13. The molecule has 0 aliphatic carbocycles. The molecule has 2 fully saturated rings. The summed E-state index contributed by atoms with van der Waals surface area (Å²) in [5, 5.41) is 24.6. The molecule has 13 nitrogen and oxygen atoms in total. The van der Waals surface area contributed by atoms with Crippen LogP contribution in [-0.2, 0) is 9.47 Å². The molecule has 0 unspecified atom stereocenters. The Labute approximate surface area is 177 Å². The maximum atomic E-state index is 11.0. The molecule has 2 saturated heterocycles. The molecule has 2 aliphatic rings. The number of hydrogen-bond acceptors (Lipinski definition) is 12. The number of nitro groups is 1. The molecule has 164 valence electrons. The van der Waals surface area contributed by atoms with Crippen molar-refractivity contribution in [2.75, 3.05) is 67.8 Å². The fourth-order valence-corrected chi connectivity index (χ4v) is 3.14. The second-order valence-corrected chi connectivity index (χ2v) is 6.83. The first-order valence-corrected chi connectivity index (χ1v) is 9.78. The zero-order valence-corrected chi connectivity index (χ0v) is 16.7. The zero-order valence-electron chi connectivity index (χ0n) is 16.7. The summed E-state index contributed by atoms with van der Waals surface area (Å²) in [5.41, 5.74) is 2.82. The van der Waals surface area contributed by atoms with Crippen LogP contribution in [0.3, 0.4) is 0 Å². The van der Waals surface area contributed by atoms with Gasteiger partial charge in [-0.25, -0.2) is 5.43 Å². The van der Waals surface area contributed by atoms with Gasteiger partial charge in [0.2, 0.25) is 17.8 Å². The Hall–Kier alpha value is -3.58. The monoisotopic (exact) mass is 430 g/mol. The Morgan fingerprint density at radius 1 is 1.03 bits per heavy atom. The van der Waals surface area contributed by atoms with Gasteiger partial charge in [-0.2, -0.15) is 20.1 Å². The van der Waals surface area contributed by atoms with Crippen LogP contribution in [0.4, 0.5) is 23.5 Å². The zero-order chi connectivity index (χ0) is 21.6. The Balaban J connectivity index is 1.55. The molecule has 31 heavy (non-hydrogen) atoms. The van der Waals surface area contributed by atoms with Crippen LogP contribution in [0.25, 0.3) is 0 Å². The van der Waals surface area contributed by atoms with E-state index in [0.29, 0.717) is 70.1 Å². The number of rotatable bonds is 6. The van der Waals surface area contributed by atoms with E-state index in [4.69, 9.17) is 9.47 Å². The van der Waals surface area contributed by atoms with Crippen molar-refractivity contribution >= 4 is 29.7 Å². The molecule has 2 aliphatic heterocycles. The van der Waals surface area contributed by atoms with Crippen molar-refractivity contribution in [3.63, 3.8) is 0 Å². The summed E-state index contributed by atoms with van der Waals surface area (Å²) in [6.45, 7) is 5.08. The number of phenolic OH excluding ortho intramolecular Hbond substituents is 1. The Bertz CT molecular complexity index is 924. The fraction of sp³-hybridized carbons (Fsp3) is 0.444. The third-order valence-electron chi connectivity index (χ3n) is 4.77. The number of aromatic nitrogens is 3. The molecule has 1 aromatic heterocycles. The molecule has 4 rings (SSSR count). The Morgan fingerprint density at radius 2 is 1.61 bits per heavy atom. The molecule has 0 atom stereocenters. The lowest BCUT2D eigenvalue weighted by molar-refractivity contribution is -0.385. The minimum Gasteiger partial charge on any atom is -0.502 e. The van der Waals surface area contributed by atoms with Crippen molar-refractivity contribution in [3.8, 4) is 5.75 Å². The largest absolute Gasteiger partial charge is 0.502 e. The standard InChI is InChI=1S/C18H22N8O5/c27-15-2-1-13(11-14(15)26(28)29)12-19-23-16-20-17(24-3-7-30-8-4-24)22-18(21-16)25-5-9-31-10-6-25/h1-2,11-12,27H,3-10H2,(H,20,21,22,23)/b19-12-. The molecule has 0 bridgehead atoms. The van der Waals surface area contributed by atoms with Crippen molar-refractivity contribution in [2.45, 2.75) is 0 Å². The van der Waals surface area contributed by atoms with E-state index in [0.717, 1.165) is 0 Å². The number of benzene rings is 1. The van der Waals surface area contributed by atoms with Crippen LogP contribution in [0.2, 0.25) is 0 Å². The van der Waals surface area contributed by atoms with Gasteiger partial charge in [0.15, 0.2) is 5.75 Å². The van der Waals surface area contributed by atoms with E-state index in [1.165, 1.54) is 24.4 Å². The minimum absolute atomic E-state index is 0.252. The fourth-order valence-electron chi connectivity index (χ4n) is 3.14. The highest BCUT2D eigenvalue weighted by Crippen LogP contribution is 2.25. The van der Waals surface area contributed by atoms with Crippen molar-refractivity contribution in [1.82, 2.24) is 15.0 Å². The molecule has 2 aromatic rings. The summed E-state index contributed by atoms with van der Waals surface area (Å²) in [5.74, 6) is 0.899. The predicted molar refractivity (Wildman–Crippen MR) is 112 cm³/mol. The van der Waals surface area contributed by atoms with Gasteiger partial charge < -0.3 is 24.4 Å². The molecule has 0 saturated carbocycles. The summed E-state index contributed by atoms with van der Waals surface area (Å²) in [7, 11) is 0. The highest BCUT2D eigenvalue weighted by Gasteiger charge is 2.20. The van der Waals surface area contributed by atoms with Crippen molar-refractivity contribution in [2.24, 2.45) is 5.10 Å². The van der Waals surface area contributed by atoms with Gasteiger partial charge in [-0.1, -0.05) is 0 Å². The molecule has 0 amide bonds. The number of anilines is 3. The topological polar surface area (TPSA) is 151 Å². The van der Waals surface area contributed by atoms with Crippen molar-refractivity contribution in [1.29, 1.82) is 0 Å². The number of morpholine rings is 2. The van der Waals surface area contributed by atoms with E-state index >= 15 is 0 Å². The van der Waals surface area contributed by atoms with E-state index in [9.17, 15) is 15.2 Å². The van der Waals surface area contributed by atoms with Crippen LogP contribution in [-0.4, -0.2) is 83.8 Å². The number of nitro benzene ring substituents is 1. The first kappa shape index (κ1) is 20.7. The van der Waals surface area contributed by atoms with Gasteiger partial charge in [0.1, 0.15) is 0 Å². The highest BCUT2D eigenvalue weighted by atomic mass is 16.6. The average molecular weight is 430 g/mol. The number of hydrazone groups is 1. The van der Waals surface area contributed by atoms with Crippen LogP contribution in [0.1, 0.15) is 5.56 Å². The molecule has 2 N–H and O–H groups in total. The third-order valence-corrected chi connectivity index (χ3v) is 4.77. The lowest BCUT2D eigenvalue weighted by Crippen LogP contribution is -2.40. The van der Waals surface area contributed by atoms with Gasteiger partial charge in [0.25, 0.3) is 0 Å². The molecule has 0 radical (unpaired) electrons. The van der Waals surface area contributed by atoms with E-state index in [1.54, 1.807) is 0 Å². The summed E-state index contributed by atoms with van der Waals surface area (Å²) in [6, 6.07) is 3.99. The van der Waals surface area contributed by atoms with E-state index in [2.05, 4.69) is 25.5 Å². The minimum atomic E-state index is -0.657. The summed E-state index contributed by atoms with van der Waals surface area (Å²) >= 11 is 0. The number of hydrogen-bond donors (Lipinski definition) is 2. The maximum absolute atomic E-state index is 11.0. The second-order valence-electron chi connectivity index (χ2n) is 6.83. The molecule has 0 spiro atoms. The van der Waals surface area contributed by atoms with Gasteiger partial charge in [0.05, 0.1) is 37.6 Å². The van der Waals surface area contributed by atoms with Crippen LogP contribution in [0.5, 0.6) is 5.75 Å². The Kier molecular flexibility index (Phi) is 6.33. The van der Waals surface area contributed by atoms with Crippen LogP contribution < -0.4 is 15.2 Å². The van der Waals surface area contributed by atoms with Crippen molar-refractivity contribution < 1.29 is 19.5 Å². The van der Waals surface area contributed by atoms with Gasteiger partial charge in [-0.05, 0) is 12.1 Å². The second kappa shape index (κ2) is 9.49. The number of aromatic hydroxyl groups is 1. The normalized spacial score (nSPS) is 17.2. The van der Waals surface area contributed by atoms with Crippen molar-refractivity contribution in [3.05, 3.63) is 33.9 Å². The smallest absolute Gasteiger partial charge is 0.311 e. The number of phenols is 1. The van der Waals surface area contributed by atoms with E-state index in [-0.39, 0.29) is 5.95 Å². The van der Waals surface area contributed by atoms with Gasteiger partial charge in [-0.15, -0.1) is 0 Å². The van der Waals surface area contributed by atoms with Crippen LogP contribution in [0.15, 0.2) is 23.3 Å². The quantitative estimate of drug-likeness (QED) is 0.376.